The van der Waals surface area contributed by atoms with Gasteiger partial charge >= 0.3 is 0 Å². The molecule has 4 rings (SSSR count). The summed E-state index contributed by atoms with van der Waals surface area (Å²) in [5, 5.41) is 21.4. The van der Waals surface area contributed by atoms with Crippen LogP contribution in [0.4, 0.5) is 4.39 Å². The number of fused-ring (bicyclic) bond motifs is 1. The second-order valence-electron chi connectivity index (χ2n) is 5.81. The Morgan fingerprint density at radius 1 is 0.760 bits per heavy atom. The number of hydrogen-bond donors (Lipinski definition) is 2. The molecule has 124 valence electrons. The predicted molar refractivity (Wildman–Crippen MR) is 97.0 cm³/mol. The minimum absolute atomic E-state index is 0.0498. The first kappa shape index (κ1) is 15.5. The van der Waals surface area contributed by atoms with Crippen LogP contribution >= 0.6 is 11.6 Å². The molecule has 0 aliphatic heterocycles. The molecule has 1 heterocycles. The van der Waals surface area contributed by atoms with Gasteiger partial charge in [-0.2, -0.15) is 0 Å². The minimum Gasteiger partial charge on any atom is -0.506 e. The van der Waals surface area contributed by atoms with E-state index in [0.29, 0.717) is 10.7 Å². The van der Waals surface area contributed by atoms with E-state index < -0.39 is 5.82 Å². The van der Waals surface area contributed by atoms with E-state index in [4.69, 9.17) is 11.6 Å². The van der Waals surface area contributed by atoms with E-state index in [0.717, 1.165) is 21.9 Å². The minimum atomic E-state index is -0.646. The summed E-state index contributed by atoms with van der Waals surface area (Å²) in [5.41, 5.74) is 2.54. The molecule has 0 unspecified atom stereocenters. The van der Waals surface area contributed by atoms with Gasteiger partial charge in [-0.3, -0.25) is 0 Å². The van der Waals surface area contributed by atoms with Crippen LogP contribution in [0.1, 0.15) is 0 Å². The zero-order valence-corrected chi connectivity index (χ0v) is 13.7. The van der Waals surface area contributed by atoms with E-state index in [1.807, 2.05) is 35.2 Å². The molecule has 0 saturated carbocycles. The molecule has 25 heavy (non-hydrogen) atoms. The summed E-state index contributed by atoms with van der Waals surface area (Å²) in [4.78, 5) is 0. The molecule has 0 amide bonds. The van der Waals surface area contributed by atoms with Gasteiger partial charge in [0.1, 0.15) is 5.75 Å². The Hall–Kier alpha value is -2.98. The van der Waals surface area contributed by atoms with Gasteiger partial charge in [0.15, 0.2) is 11.6 Å². The van der Waals surface area contributed by atoms with Gasteiger partial charge in [-0.1, -0.05) is 29.8 Å². The van der Waals surface area contributed by atoms with Gasteiger partial charge in [0.05, 0.1) is 5.02 Å². The quantitative estimate of drug-likeness (QED) is 0.499. The molecule has 2 N–H and O–H groups in total. The van der Waals surface area contributed by atoms with Crippen LogP contribution in [0.3, 0.4) is 0 Å². The van der Waals surface area contributed by atoms with E-state index in [-0.39, 0.29) is 11.5 Å². The first-order valence-electron chi connectivity index (χ1n) is 7.61. The molecule has 0 atom stereocenters. The Morgan fingerprint density at radius 2 is 1.48 bits per heavy atom. The highest BCUT2D eigenvalue weighted by molar-refractivity contribution is 6.32. The number of rotatable bonds is 2. The third-order valence-corrected chi connectivity index (χ3v) is 4.45. The molecular weight excluding hydrogens is 341 g/mol. The molecule has 0 aliphatic rings. The molecule has 0 fully saturated rings. The molecule has 3 aromatic carbocycles. The molecule has 3 nitrogen and oxygen atoms in total. The van der Waals surface area contributed by atoms with Gasteiger partial charge < -0.3 is 14.8 Å². The molecule has 0 spiro atoms. The van der Waals surface area contributed by atoms with Crippen molar-refractivity contribution in [3.8, 4) is 28.3 Å². The normalized spacial score (nSPS) is 11.1. The highest BCUT2D eigenvalue weighted by atomic mass is 35.5. The third-order valence-electron chi connectivity index (χ3n) is 4.15. The Labute approximate surface area is 148 Å². The smallest absolute Gasteiger partial charge is 0.164 e. The largest absolute Gasteiger partial charge is 0.506 e. The second-order valence-corrected chi connectivity index (χ2v) is 6.22. The summed E-state index contributed by atoms with van der Waals surface area (Å²) >= 11 is 5.99. The summed E-state index contributed by atoms with van der Waals surface area (Å²) < 4.78 is 15.1. The molecule has 0 bridgehead atoms. The van der Waals surface area contributed by atoms with Gasteiger partial charge in [-0.25, -0.2) is 4.39 Å². The number of aromatic nitrogens is 1. The third kappa shape index (κ3) is 2.81. The van der Waals surface area contributed by atoms with Crippen LogP contribution in [0.5, 0.6) is 11.5 Å². The summed E-state index contributed by atoms with van der Waals surface area (Å²) in [6.07, 6.45) is 3.82. The highest BCUT2D eigenvalue weighted by Gasteiger charge is 2.07. The molecule has 0 radical (unpaired) electrons. The average Bonchev–Trinajstić information content (AvgIpc) is 3.03. The lowest BCUT2D eigenvalue weighted by Crippen LogP contribution is -1.89. The van der Waals surface area contributed by atoms with E-state index in [2.05, 4.69) is 0 Å². The maximum Gasteiger partial charge on any atom is 0.164 e. The van der Waals surface area contributed by atoms with Crippen molar-refractivity contribution in [2.75, 3.05) is 0 Å². The number of phenols is 2. The standard InChI is InChI=1S/C20H13ClFNO2/c21-17-8-13(3-6-19(17)24)12-1-2-14-10-23(11-15(14)7-12)16-4-5-18(22)20(25)9-16/h1-11,24-25H. The SMILES string of the molecule is Oc1cc(-n2cc3ccc(-c4ccc(O)c(Cl)c4)cc3c2)ccc1F. The van der Waals surface area contributed by atoms with Gasteiger partial charge in [0, 0.05) is 29.5 Å². The first-order valence-corrected chi connectivity index (χ1v) is 7.98. The molecule has 4 aromatic rings. The fraction of sp³-hybridized carbons (Fsp3) is 0. The fourth-order valence-corrected chi connectivity index (χ4v) is 3.00. The summed E-state index contributed by atoms with van der Waals surface area (Å²) in [6.45, 7) is 0. The molecule has 1 aromatic heterocycles. The Kier molecular flexibility index (Phi) is 3.62. The lowest BCUT2D eigenvalue weighted by molar-refractivity contribution is 0.432. The van der Waals surface area contributed by atoms with Gasteiger partial charge in [0.25, 0.3) is 0 Å². The van der Waals surface area contributed by atoms with Crippen LogP contribution in [-0.2, 0) is 0 Å². The van der Waals surface area contributed by atoms with Crippen molar-refractivity contribution in [3.05, 3.63) is 77.8 Å². The topological polar surface area (TPSA) is 45.4 Å². The van der Waals surface area contributed by atoms with Gasteiger partial charge in [-0.05, 0) is 46.8 Å². The average molecular weight is 354 g/mol. The van der Waals surface area contributed by atoms with Crippen LogP contribution < -0.4 is 0 Å². The number of benzene rings is 3. The van der Waals surface area contributed by atoms with Crippen molar-refractivity contribution < 1.29 is 14.6 Å². The molecule has 0 aliphatic carbocycles. The van der Waals surface area contributed by atoms with Crippen molar-refractivity contribution in [1.29, 1.82) is 0 Å². The number of aromatic hydroxyl groups is 2. The van der Waals surface area contributed by atoms with Crippen LogP contribution in [0.15, 0.2) is 67.0 Å². The Morgan fingerprint density at radius 3 is 2.24 bits per heavy atom. The fourth-order valence-electron chi connectivity index (χ4n) is 2.82. The van der Waals surface area contributed by atoms with Crippen LogP contribution in [0, 0.1) is 5.82 Å². The maximum absolute atomic E-state index is 13.2. The molecule has 0 saturated heterocycles. The zero-order valence-electron chi connectivity index (χ0n) is 12.9. The van der Waals surface area contributed by atoms with E-state index in [1.54, 1.807) is 24.3 Å². The lowest BCUT2D eigenvalue weighted by atomic mass is 10.0. The van der Waals surface area contributed by atoms with Crippen LogP contribution in [0.25, 0.3) is 27.6 Å². The van der Waals surface area contributed by atoms with Crippen LogP contribution in [0.2, 0.25) is 5.02 Å². The van der Waals surface area contributed by atoms with E-state index in [1.165, 1.54) is 12.1 Å². The lowest BCUT2D eigenvalue weighted by Gasteiger charge is -2.04. The summed E-state index contributed by atoms with van der Waals surface area (Å²) in [7, 11) is 0. The van der Waals surface area contributed by atoms with E-state index >= 15 is 0 Å². The van der Waals surface area contributed by atoms with Crippen molar-refractivity contribution in [3.63, 3.8) is 0 Å². The molecular formula is C20H13ClFNO2. The monoisotopic (exact) mass is 353 g/mol. The summed E-state index contributed by atoms with van der Waals surface area (Å²) in [6, 6.07) is 15.3. The van der Waals surface area contributed by atoms with Crippen molar-refractivity contribution in [2.24, 2.45) is 0 Å². The Bertz CT molecular complexity index is 1050. The number of hydrogen-bond acceptors (Lipinski definition) is 2. The van der Waals surface area contributed by atoms with Gasteiger partial charge in [0.2, 0.25) is 0 Å². The van der Waals surface area contributed by atoms with Crippen molar-refractivity contribution in [2.45, 2.75) is 0 Å². The number of halogens is 2. The number of phenolic OH excluding ortho intramolecular Hbond substituents is 2. The van der Waals surface area contributed by atoms with Crippen LogP contribution in [-0.4, -0.2) is 14.8 Å². The predicted octanol–water partition coefficient (Wildman–Crippen LogP) is 5.50. The van der Waals surface area contributed by atoms with Gasteiger partial charge in [-0.15, -0.1) is 0 Å². The highest BCUT2D eigenvalue weighted by Crippen LogP contribution is 2.32. The van der Waals surface area contributed by atoms with Crippen molar-refractivity contribution in [1.82, 2.24) is 4.57 Å². The Balaban J connectivity index is 1.78. The van der Waals surface area contributed by atoms with E-state index in [9.17, 15) is 14.6 Å². The first-order chi connectivity index (χ1) is 12.0. The zero-order chi connectivity index (χ0) is 17.6. The van der Waals surface area contributed by atoms with Crippen molar-refractivity contribution >= 4 is 22.4 Å². The second kappa shape index (κ2) is 5.83. The molecule has 5 heteroatoms. The number of nitrogens with zero attached hydrogens (tertiary/aromatic N) is 1. The maximum atomic E-state index is 13.2. The summed E-state index contributed by atoms with van der Waals surface area (Å²) in [5.74, 6) is -0.976.